The van der Waals surface area contributed by atoms with E-state index in [1.54, 1.807) is 52.0 Å². The smallest absolute Gasteiger partial charge is 0.271 e. The monoisotopic (exact) mass is 418 g/mol. The number of hydrogen-bond donors (Lipinski definition) is 1. The molecule has 0 spiro atoms. The van der Waals surface area contributed by atoms with Crippen LogP contribution < -0.4 is 5.56 Å². The lowest BCUT2D eigenvalue weighted by molar-refractivity contribution is -0.140. The molecule has 1 aliphatic rings. The van der Waals surface area contributed by atoms with Gasteiger partial charge in [0.2, 0.25) is 5.88 Å². The van der Waals surface area contributed by atoms with Crippen molar-refractivity contribution < 1.29 is 14.7 Å². The van der Waals surface area contributed by atoms with E-state index in [2.05, 4.69) is 0 Å². The predicted octanol–water partition coefficient (Wildman–Crippen LogP) is 2.48. The van der Waals surface area contributed by atoms with Gasteiger partial charge in [-0.05, 0) is 51.0 Å². The summed E-state index contributed by atoms with van der Waals surface area (Å²) < 4.78 is 1.12. The number of allylic oxidation sites excluding steroid dienone is 4. The van der Waals surface area contributed by atoms with Gasteiger partial charge in [0.1, 0.15) is 23.3 Å². The standard InChI is InChI=1S/C23H22N4O4/c1-5-26-20(28)16(14(3)18(12-24)22(26)30)10-8-7-9-11-17-15(4)19(13-25)23(31)27(6-2)21(17)29/h7-11,28H,5-6H2,1-4H3/b9-7+,10-8+,17-11+. The topological polar surface area (TPSA) is 127 Å². The van der Waals surface area contributed by atoms with E-state index >= 15 is 0 Å². The molecule has 0 bridgehead atoms. The van der Waals surface area contributed by atoms with Crippen LogP contribution in [0.25, 0.3) is 6.08 Å². The molecule has 0 aromatic carbocycles. The van der Waals surface area contributed by atoms with Crippen molar-refractivity contribution in [3.8, 4) is 18.0 Å². The van der Waals surface area contributed by atoms with Crippen molar-refractivity contribution in [3.63, 3.8) is 0 Å². The molecule has 0 unspecified atom stereocenters. The molecule has 2 heterocycles. The lowest BCUT2D eigenvalue weighted by Gasteiger charge is -2.25. The van der Waals surface area contributed by atoms with Crippen molar-refractivity contribution in [2.24, 2.45) is 0 Å². The fourth-order valence-corrected chi connectivity index (χ4v) is 3.27. The van der Waals surface area contributed by atoms with Gasteiger partial charge in [-0.15, -0.1) is 0 Å². The minimum absolute atomic E-state index is 0.0349. The Bertz CT molecular complexity index is 1210. The Morgan fingerprint density at radius 1 is 0.968 bits per heavy atom. The fraction of sp³-hybridized carbons (Fsp3) is 0.261. The Hall–Kier alpha value is -4.17. The number of carbonyl (C=O) groups is 2. The molecule has 1 aromatic heterocycles. The first-order valence-electron chi connectivity index (χ1n) is 9.63. The van der Waals surface area contributed by atoms with Crippen LogP contribution in [0.1, 0.15) is 37.5 Å². The van der Waals surface area contributed by atoms with Crippen molar-refractivity contribution in [1.82, 2.24) is 9.47 Å². The molecule has 0 atom stereocenters. The SMILES string of the molecule is CCN1C(=O)C(C#N)=C(C)\C(=C/C=C/C=C/c2c(C)c(C#N)c(=O)n(CC)c2O)C1=O. The van der Waals surface area contributed by atoms with Gasteiger partial charge in [-0.2, -0.15) is 10.5 Å². The number of carbonyl (C=O) groups excluding carboxylic acids is 2. The maximum atomic E-state index is 12.5. The molecule has 31 heavy (non-hydrogen) atoms. The summed E-state index contributed by atoms with van der Waals surface area (Å²) in [6.07, 6.45) is 7.82. The number of aromatic nitrogens is 1. The van der Waals surface area contributed by atoms with Gasteiger partial charge >= 0.3 is 0 Å². The fourth-order valence-electron chi connectivity index (χ4n) is 3.27. The van der Waals surface area contributed by atoms with Crippen LogP contribution >= 0.6 is 0 Å². The van der Waals surface area contributed by atoms with Crippen LogP contribution in [0.3, 0.4) is 0 Å². The second-order valence-corrected chi connectivity index (χ2v) is 6.69. The second-order valence-electron chi connectivity index (χ2n) is 6.69. The summed E-state index contributed by atoms with van der Waals surface area (Å²) in [5.41, 5.74) is 0.629. The molecule has 1 aromatic rings. The number of hydrogen-bond acceptors (Lipinski definition) is 6. The van der Waals surface area contributed by atoms with Crippen molar-refractivity contribution in [2.75, 3.05) is 6.54 Å². The molecule has 1 aliphatic heterocycles. The lowest BCUT2D eigenvalue weighted by Crippen LogP contribution is -2.42. The highest BCUT2D eigenvalue weighted by Crippen LogP contribution is 2.25. The van der Waals surface area contributed by atoms with Gasteiger partial charge in [0.15, 0.2) is 0 Å². The van der Waals surface area contributed by atoms with Crippen LogP contribution in [0.4, 0.5) is 0 Å². The van der Waals surface area contributed by atoms with E-state index in [9.17, 15) is 30.0 Å². The van der Waals surface area contributed by atoms with Gasteiger partial charge in [-0.3, -0.25) is 23.9 Å². The van der Waals surface area contributed by atoms with Crippen LogP contribution in [0.15, 0.2) is 45.8 Å². The van der Waals surface area contributed by atoms with Crippen molar-refractivity contribution in [3.05, 3.63) is 68.1 Å². The Morgan fingerprint density at radius 3 is 2.19 bits per heavy atom. The number of aromatic hydroxyl groups is 1. The molecule has 0 saturated carbocycles. The molecule has 0 aliphatic carbocycles. The molecular weight excluding hydrogens is 396 g/mol. The highest BCUT2D eigenvalue weighted by molar-refractivity contribution is 6.18. The normalized spacial score (nSPS) is 15.9. The molecule has 0 radical (unpaired) electrons. The Kier molecular flexibility index (Phi) is 7.12. The summed E-state index contributed by atoms with van der Waals surface area (Å²) in [6.45, 7) is 6.85. The zero-order valence-electron chi connectivity index (χ0n) is 17.8. The number of pyridine rings is 1. The van der Waals surface area contributed by atoms with Crippen molar-refractivity contribution >= 4 is 17.9 Å². The summed E-state index contributed by atoms with van der Waals surface area (Å²) >= 11 is 0. The molecule has 0 fully saturated rings. The zero-order chi connectivity index (χ0) is 23.3. The summed E-state index contributed by atoms with van der Waals surface area (Å²) in [5, 5.41) is 28.9. The molecule has 2 amide bonds. The average molecular weight is 418 g/mol. The quantitative estimate of drug-likeness (QED) is 0.445. The van der Waals surface area contributed by atoms with Crippen LogP contribution in [0.5, 0.6) is 5.88 Å². The minimum Gasteiger partial charge on any atom is -0.494 e. The highest BCUT2D eigenvalue weighted by atomic mass is 16.3. The second kappa shape index (κ2) is 9.55. The third kappa shape index (κ3) is 4.10. The minimum atomic E-state index is -0.598. The summed E-state index contributed by atoms with van der Waals surface area (Å²) in [7, 11) is 0. The molecular formula is C23H22N4O4. The van der Waals surface area contributed by atoms with Crippen molar-refractivity contribution in [1.29, 1.82) is 10.5 Å². The third-order valence-corrected chi connectivity index (χ3v) is 5.05. The number of likely N-dealkylation sites (N-methyl/N-ethyl adjacent to an activating group) is 1. The molecule has 1 N–H and O–H groups in total. The number of nitriles is 2. The van der Waals surface area contributed by atoms with Crippen LogP contribution in [-0.4, -0.2) is 32.9 Å². The van der Waals surface area contributed by atoms with E-state index in [1.165, 1.54) is 6.08 Å². The summed E-state index contributed by atoms with van der Waals surface area (Å²) in [4.78, 5) is 37.9. The number of imide groups is 1. The van der Waals surface area contributed by atoms with E-state index in [1.807, 2.05) is 12.1 Å². The number of nitrogens with zero attached hydrogens (tertiary/aromatic N) is 4. The van der Waals surface area contributed by atoms with Crippen LogP contribution in [0.2, 0.25) is 0 Å². The Labute approximate surface area is 179 Å². The van der Waals surface area contributed by atoms with Crippen molar-refractivity contribution in [2.45, 2.75) is 34.2 Å². The Balaban J connectivity index is 2.42. The molecule has 0 saturated heterocycles. The van der Waals surface area contributed by atoms with E-state index < -0.39 is 17.4 Å². The van der Waals surface area contributed by atoms with E-state index in [4.69, 9.17) is 0 Å². The average Bonchev–Trinajstić information content (AvgIpc) is 2.73. The van der Waals surface area contributed by atoms with Gasteiger partial charge < -0.3 is 5.11 Å². The Morgan fingerprint density at radius 2 is 1.65 bits per heavy atom. The van der Waals surface area contributed by atoms with Crippen LogP contribution in [0, 0.1) is 29.6 Å². The van der Waals surface area contributed by atoms with Gasteiger partial charge in [-0.25, -0.2) is 0 Å². The zero-order valence-corrected chi connectivity index (χ0v) is 17.8. The maximum Gasteiger partial charge on any atom is 0.271 e. The predicted molar refractivity (Wildman–Crippen MR) is 114 cm³/mol. The third-order valence-electron chi connectivity index (χ3n) is 5.05. The number of rotatable bonds is 5. The first-order valence-corrected chi connectivity index (χ1v) is 9.63. The maximum absolute atomic E-state index is 12.5. The van der Waals surface area contributed by atoms with Crippen LogP contribution in [-0.2, 0) is 16.1 Å². The first-order chi connectivity index (χ1) is 14.7. The number of amides is 2. The largest absolute Gasteiger partial charge is 0.494 e. The van der Waals surface area contributed by atoms with Gasteiger partial charge in [0.05, 0.1) is 0 Å². The van der Waals surface area contributed by atoms with E-state index in [-0.39, 0.29) is 35.7 Å². The van der Waals surface area contributed by atoms with Gasteiger partial charge in [0.25, 0.3) is 17.4 Å². The van der Waals surface area contributed by atoms with Gasteiger partial charge in [-0.1, -0.05) is 18.2 Å². The summed E-state index contributed by atoms with van der Waals surface area (Å²) in [6, 6.07) is 3.73. The van der Waals surface area contributed by atoms with Gasteiger partial charge in [0, 0.05) is 24.2 Å². The van der Waals surface area contributed by atoms with E-state index in [0.717, 1.165) is 9.47 Å². The molecule has 8 nitrogen and oxygen atoms in total. The molecule has 2 rings (SSSR count). The van der Waals surface area contributed by atoms with E-state index in [0.29, 0.717) is 16.7 Å². The molecule has 8 heteroatoms. The molecule has 158 valence electrons. The highest BCUT2D eigenvalue weighted by Gasteiger charge is 2.33. The first kappa shape index (κ1) is 23.1. The summed E-state index contributed by atoms with van der Waals surface area (Å²) in [5.74, 6) is -1.30. The lowest BCUT2D eigenvalue weighted by atomic mass is 9.95.